The van der Waals surface area contributed by atoms with E-state index in [1.54, 1.807) is 6.92 Å². The Kier molecular flexibility index (Phi) is 8.06. The van der Waals surface area contributed by atoms with E-state index >= 15 is 0 Å². The van der Waals surface area contributed by atoms with Crippen LogP contribution in [-0.2, 0) is 29.8 Å². The molecule has 2 aromatic rings. The van der Waals surface area contributed by atoms with Gasteiger partial charge in [0.2, 0.25) is 0 Å². The quantitative estimate of drug-likeness (QED) is 0.394. The minimum absolute atomic E-state index is 0.0223. The number of hydrogen-bond acceptors (Lipinski definition) is 3. The Hall–Kier alpha value is -2.96. The summed E-state index contributed by atoms with van der Waals surface area (Å²) in [4.78, 5) is 13.7. The van der Waals surface area contributed by atoms with E-state index in [0.717, 1.165) is 17.0 Å². The van der Waals surface area contributed by atoms with E-state index in [0.29, 0.717) is 18.6 Å². The summed E-state index contributed by atoms with van der Waals surface area (Å²) in [7, 11) is 0. The number of nitrogens with zero attached hydrogens (tertiary/aromatic N) is 1. The van der Waals surface area contributed by atoms with Crippen molar-refractivity contribution in [2.75, 3.05) is 11.5 Å². The van der Waals surface area contributed by atoms with Crippen LogP contribution in [0.3, 0.4) is 0 Å². The van der Waals surface area contributed by atoms with E-state index in [-0.39, 0.29) is 30.3 Å². The second-order valence-corrected chi connectivity index (χ2v) is 8.45. The van der Waals surface area contributed by atoms with Gasteiger partial charge in [0.25, 0.3) is 0 Å². The Morgan fingerprint density at radius 1 is 0.946 bits per heavy atom. The summed E-state index contributed by atoms with van der Waals surface area (Å²) in [5.74, 6) is 0. The predicted octanol–water partition coefficient (Wildman–Crippen LogP) is 7.72. The molecule has 0 saturated heterocycles. The molecule has 1 amide bonds. The molecule has 1 N–H and O–H groups in total. The molecule has 2 unspecified atom stereocenters. The van der Waals surface area contributed by atoms with Crippen LogP contribution in [0.15, 0.2) is 36.4 Å². The lowest BCUT2D eigenvalue weighted by molar-refractivity contribution is -0.143. The van der Waals surface area contributed by atoms with Gasteiger partial charge in [-0.3, -0.25) is 4.90 Å². The van der Waals surface area contributed by atoms with E-state index in [2.05, 4.69) is 5.32 Å². The normalized spacial score (nSPS) is 18.5. The highest BCUT2D eigenvalue weighted by Gasteiger charge is 2.43. The first-order chi connectivity index (χ1) is 17.1. The van der Waals surface area contributed by atoms with E-state index < -0.39 is 65.5 Å². The van der Waals surface area contributed by atoms with Crippen LogP contribution in [0.5, 0.6) is 0 Å². The second-order valence-electron chi connectivity index (χ2n) is 8.45. The SMILES string of the molecule is CCOC(=O)N1c2cccc(C(F)(F)F)c2C(NCc2cc(C(F)(F)F)cc(C(F)(F)F)c2)CC1CC. The van der Waals surface area contributed by atoms with Crippen molar-refractivity contribution in [3.05, 3.63) is 64.2 Å². The largest absolute Gasteiger partial charge is 0.449 e. The van der Waals surface area contributed by atoms with Crippen LogP contribution in [0.4, 0.5) is 50.0 Å². The molecule has 4 nitrogen and oxygen atoms in total. The zero-order valence-corrected chi connectivity index (χ0v) is 19.6. The lowest BCUT2D eigenvalue weighted by Crippen LogP contribution is -2.47. The Morgan fingerprint density at radius 2 is 1.54 bits per heavy atom. The number of fused-ring (bicyclic) bond motifs is 1. The number of nitrogens with one attached hydrogen (secondary N) is 1. The van der Waals surface area contributed by atoms with Crippen molar-refractivity contribution < 1.29 is 49.0 Å². The van der Waals surface area contributed by atoms with Crippen LogP contribution in [-0.4, -0.2) is 18.7 Å². The van der Waals surface area contributed by atoms with Crippen molar-refractivity contribution in [3.63, 3.8) is 0 Å². The number of hydrogen-bond donors (Lipinski definition) is 1. The fourth-order valence-corrected chi connectivity index (χ4v) is 4.41. The summed E-state index contributed by atoms with van der Waals surface area (Å²) in [6.07, 6.45) is -15.6. The number of halogens is 9. The predicted molar refractivity (Wildman–Crippen MR) is 116 cm³/mol. The lowest BCUT2D eigenvalue weighted by atomic mass is 9.86. The average Bonchev–Trinajstić information content (AvgIpc) is 2.79. The highest BCUT2D eigenvalue weighted by atomic mass is 19.4. The highest BCUT2D eigenvalue weighted by molar-refractivity contribution is 5.90. The molecule has 1 aliphatic rings. The number of carbonyl (C=O) groups excluding carboxylic acids is 1. The topological polar surface area (TPSA) is 41.6 Å². The molecule has 0 radical (unpaired) electrons. The van der Waals surface area contributed by atoms with Crippen LogP contribution < -0.4 is 10.2 Å². The number of carbonyl (C=O) groups is 1. The smallest absolute Gasteiger partial charge is 0.416 e. The number of amides is 1. The molecule has 0 fully saturated rings. The Bertz CT molecular complexity index is 1090. The van der Waals surface area contributed by atoms with Crippen molar-refractivity contribution in [3.8, 4) is 0 Å². The number of alkyl halides is 9. The summed E-state index contributed by atoms with van der Waals surface area (Å²) < 4.78 is 126. The Labute approximate surface area is 206 Å². The van der Waals surface area contributed by atoms with Gasteiger partial charge in [-0.2, -0.15) is 39.5 Å². The summed E-state index contributed by atoms with van der Waals surface area (Å²) in [5, 5.41) is 2.71. The first kappa shape index (κ1) is 28.6. The molecule has 0 aromatic heterocycles. The van der Waals surface area contributed by atoms with Crippen molar-refractivity contribution >= 4 is 11.8 Å². The molecule has 0 bridgehead atoms. The second kappa shape index (κ2) is 10.4. The molecule has 1 aliphatic heterocycles. The van der Waals surface area contributed by atoms with Gasteiger partial charge in [-0.1, -0.05) is 13.0 Å². The maximum atomic E-state index is 13.9. The first-order valence-corrected chi connectivity index (χ1v) is 11.3. The molecule has 204 valence electrons. The minimum atomic E-state index is -5.07. The maximum Gasteiger partial charge on any atom is 0.416 e. The van der Waals surface area contributed by atoms with Gasteiger partial charge in [0, 0.05) is 24.2 Å². The van der Waals surface area contributed by atoms with Gasteiger partial charge < -0.3 is 10.1 Å². The molecule has 2 atom stereocenters. The third-order valence-corrected chi connectivity index (χ3v) is 6.01. The van der Waals surface area contributed by atoms with E-state index in [4.69, 9.17) is 4.74 Å². The van der Waals surface area contributed by atoms with Crippen LogP contribution in [0.25, 0.3) is 0 Å². The molecule has 0 spiro atoms. The molecule has 2 aromatic carbocycles. The Morgan fingerprint density at radius 3 is 2.03 bits per heavy atom. The molecular formula is C24H23F9N2O2. The molecule has 0 saturated carbocycles. The van der Waals surface area contributed by atoms with Crippen molar-refractivity contribution in [2.24, 2.45) is 0 Å². The van der Waals surface area contributed by atoms with Crippen molar-refractivity contribution in [1.29, 1.82) is 0 Å². The zero-order valence-electron chi connectivity index (χ0n) is 19.6. The standard InChI is InChI=1S/C24H23F9N2O2/c1-3-16-11-18(34-12-13-8-14(22(25,26)27)10-15(9-13)23(28,29)30)20-17(24(31,32)33)6-5-7-19(20)35(16)21(36)37-4-2/h5-10,16,18,34H,3-4,11-12H2,1-2H3. The van der Waals surface area contributed by atoms with Crippen LogP contribution in [0.2, 0.25) is 0 Å². The lowest BCUT2D eigenvalue weighted by Gasteiger charge is -2.41. The van der Waals surface area contributed by atoms with Gasteiger partial charge in [0.15, 0.2) is 0 Å². The summed E-state index contributed by atoms with van der Waals surface area (Å²) in [5.41, 5.74) is -4.97. The van der Waals surface area contributed by atoms with Crippen LogP contribution >= 0.6 is 0 Å². The molecule has 13 heteroatoms. The molecule has 37 heavy (non-hydrogen) atoms. The minimum Gasteiger partial charge on any atom is -0.449 e. The van der Waals surface area contributed by atoms with Gasteiger partial charge in [0.05, 0.1) is 29.0 Å². The Balaban J connectivity index is 2.07. The number of anilines is 1. The van der Waals surface area contributed by atoms with E-state index in [9.17, 15) is 44.3 Å². The van der Waals surface area contributed by atoms with Crippen molar-refractivity contribution in [2.45, 2.75) is 63.8 Å². The number of rotatable bonds is 5. The molecular weight excluding hydrogens is 519 g/mol. The van der Waals surface area contributed by atoms with Crippen LogP contribution in [0.1, 0.15) is 60.5 Å². The number of ether oxygens (including phenoxy) is 1. The van der Waals surface area contributed by atoms with Gasteiger partial charge in [0.1, 0.15) is 0 Å². The summed E-state index contributed by atoms with van der Waals surface area (Å²) >= 11 is 0. The van der Waals surface area contributed by atoms with Gasteiger partial charge in [-0.15, -0.1) is 0 Å². The van der Waals surface area contributed by atoms with Gasteiger partial charge in [-0.25, -0.2) is 4.79 Å². The fraction of sp³-hybridized carbons (Fsp3) is 0.458. The van der Waals surface area contributed by atoms with E-state index in [1.165, 1.54) is 13.0 Å². The molecule has 3 rings (SSSR count). The third kappa shape index (κ3) is 6.31. The van der Waals surface area contributed by atoms with Gasteiger partial charge >= 0.3 is 24.6 Å². The third-order valence-electron chi connectivity index (χ3n) is 6.01. The summed E-state index contributed by atoms with van der Waals surface area (Å²) in [6, 6.07) is 2.45. The maximum absolute atomic E-state index is 13.9. The highest BCUT2D eigenvalue weighted by Crippen LogP contribution is 2.46. The fourth-order valence-electron chi connectivity index (χ4n) is 4.41. The monoisotopic (exact) mass is 542 g/mol. The van der Waals surface area contributed by atoms with E-state index in [1.807, 2.05) is 0 Å². The van der Waals surface area contributed by atoms with Crippen LogP contribution in [0, 0.1) is 0 Å². The van der Waals surface area contributed by atoms with Crippen molar-refractivity contribution in [1.82, 2.24) is 5.32 Å². The van der Waals surface area contributed by atoms with Gasteiger partial charge in [-0.05, 0) is 55.7 Å². The zero-order chi connectivity index (χ0) is 27.8. The molecule has 1 heterocycles. The average molecular weight is 542 g/mol. The first-order valence-electron chi connectivity index (χ1n) is 11.3. The molecule has 0 aliphatic carbocycles. The number of benzene rings is 2. The summed E-state index contributed by atoms with van der Waals surface area (Å²) in [6.45, 7) is 2.61.